The smallest absolute Gasteiger partial charge is 0.316 e. The van der Waals surface area contributed by atoms with Crippen LogP contribution in [0.4, 0.5) is 4.39 Å². The number of hydrogen-bond donors (Lipinski definition) is 1. The summed E-state index contributed by atoms with van der Waals surface area (Å²) < 4.78 is 20.5. The number of para-hydroxylation sites is 1. The minimum Gasteiger partial charge on any atom is -0.468 e. The van der Waals surface area contributed by atoms with Crippen molar-refractivity contribution >= 4 is 35.4 Å². The first kappa shape index (κ1) is 24.9. The van der Waals surface area contributed by atoms with E-state index in [2.05, 4.69) is 4.98 Å². The summed E-state index contributed by atoms with van der Waals surface area (Å²) in [5, 5.41) is 4.77. The van der Waals surface area contributed by atoms with Gasteiger partial charge in [0, 0.05) is 34.9 Å². The van der Waals surface area contributed by atoms with E-state index in [9.17, 15) is 14.0 Å². The van der Waals surface area contributed by atoms with Crippen LogP contribution < -0.4 is 0 Å². The van der Waals surface area contributed by atoms with Gasteiger partial charge in [0.15, 0.2) is 5.50 Å². The normalized spacial score (nSPS) is 21.7. The Balaban J connectivity index is 1.44. The van der Waals surface area contributed by atoms with Gasteiger partial charge in [-0.25, -0.2) is 9.07 Å². The number of carbonyl (C=O) groups is 2. The summed E-state index contributed by atoms with van der Waals surface area (Å²) in [4.78, 5) is 36.7. The molecule has 0 spiro atoms. The van der Waals surface area contributed by atoms with Crippen LogP contribution in [0.2, 0.25) is 0 Å². The van der Waals surface area contributed by atoms with E-state index in [-0.39, 0.29) is 11.7 Å². The van der Waals surface area contributed by atoms with E-state index >= 15 is 0 Å². The first-order valence-electron chi connectivity index (χ1n) is 12.3. The second-order valence-electron chi connectivity index (χ2n) is 9.23. The van der Waals surface area contributed by atoms with Crippen molar-refractivity contribution in [1.29, 1.82) is 0 Å². The Kier molecular flexibility index (Phi) is 6.40. The van der Waals surface area contributed by atoms with Crippen molar-refractivity contribution in [2.24, 2.45) is 10.9 Å². The van der Waals surface area contributed by atoms with E-state index < -0.39 is 23.4 Å². The van der Waals surface area contributed by atoms with E-state index in [1.807, 2.05) is 48.7 Å². The number of fused-ring (bicyclic) bond motifs is 1. The molecule has 2 aromatic heterocycles. The van der Waals surface area contributed by atoms with Crippen molar-refractivity contribution in [3.05, 3.63) is 101 Å². The van der Waals surface area contributed by atoms with Crippen molar-refractivity contribution in [1.82, 2.24) is 19.7 Å². The van der Waals surface area contributed by atoms with Crippen LogP contribution >= 0.6 is 11.8 Å². The lowest BCUT2D eigenvalue weighted by atomic mass is 9.89. The van der Waals surface area contributed by atoms with Crippen molar-refractivity contribution < 1.29 is 18.7 Å². The quantitative estimate of drug-likeness (QED) is 0.277. The molecule has 4 aromatic rings. The molecule has 39 heavy (non-hydrogen) atoms. The van der Waals surface area contributed by atoms with E-state index in [1.54, 1.807) is 40.9 Å². The SMILES string of the molecule is COC(=O)C1C(C)=NC2SC(=Cc3cn(-c4ccccc4)nc3-c3ccc(F)cc3)C(=O)N2C1c1ccc[nH]1. The molecular formula is C29H24FN5O3S. The Labute approximate surface area is 228 Å². The number of benzene rings is 2. The standard InChI is InChI=1S/C29H24FN5O3S/c1-17-24(28(37)38-2)26(22-9-6-14-31-22)35-27(36)23(39-29(35)32-17)15-19-16-34(21-7-4-3-5-8-21)33-25(19)18-10-12-20(30)13-11-18/h3-16,24,26,29,31H,1-2H3. The van der Waals surface area contributed by atoms with Gasteiger partial charge in [-0.05, 0) is 61.5 Å². The Morgan fingerprint density at radius 1 is 1.10 bits per heavy atom. The monoisotopic (exact) mass is 541 g/mol. The summed E-state index contributed by atoms with van der Waals surface area (Å²) in [5.41, 5.74) is 3.67. The molecule has 3 unspecified atom stereocenters. The van der Waals surface area contributed by atoms with Crippen molar-refractivity contribution in [2.45, 2.75) is 18.5 Å². The topological polar surface area (TPSA) is 92.6 Å². The summed E-state index contributed by atoms with van der Waals surface area (Å²) in [6.07, 6.45) is 5.40. The maximum atomic E-state index is 13.9. The molecule has 2 aliphatic heterocycles. The number of nitrogens with one attached hydrogen (secondary N) is 1. The number of carbonyl (C=O) groups excluding carboxylic acids is 2. The number of aliphatic imine (C=N–C) groups is 1. The fraction of sp³-hybridized carbons (Fsp3) is 0.172. The number of aromatic amines is 1. The minimum atomic E-state index is -0.732. The van der Waals surface area contributed by atoms with Crippen LogP contribution in [0.5, 0.6) is 0 Å². The highest BCUT2D eigenvalue weighted by Crippen LogP contribution is 2.47. The Morgan fingerprint density at radius 2 is 1.87 bits per heavy atom. The summed E-state index contributed by atoms with van der Waals surface area (Å²) in [7, 11) is 1.33. The van der Waals surface area contributed by atoms with E-state index in [0.29, 0.717) is 21.9 Å². The average Bonchev–Trinajstić information content (AvgIpc) is 3.69. The number of ether oxygens (including phenoxy) is 1. The van der Waals surface area contributed by atoms with Crippen molar-refractivity contribution in [3.63, 3.8) is 0 Å². The lowest BCUT2D eigenvalue weighted by molar-refractivity contribution is -0.147. The first-order valence-corrected chi connectivity index (χ1v) is 13.2. The molecule has 8 nitrogen and oxygen atoms in total. The molecule has 1 N–H and O–H groups in total. The minimum absolute atomic E-state index is 0.243. The number of methoxy groups -OCH3 is 1. The Bertz CT molecular complexity index is 1600. The van der Waals surface area contributed by atoms with Gasteiger partial charge in [-0.15, -0.1) is 0 Å². The van der Waals surface area contributed by atoms with Gasteiger partial charge in [0.25, 0.3) is 5.91 Å². The zero-order valence-electron chi connectivity index (χ0n) is 21.1. The number of halogens is 1. The van der Waals surface area contributed by atoms with Gasteiger partial charge in [0.05, 0.1) is 29.4 Å². The van der Waals surface area contributed by atoms with E-state index in [1.165, 1.54) is 31.0 Å². The van der Waals surface area contributed by atoms with Crippen molar-refractivity contribution in [2.75, 3.05) is 7.11 Å². The predicted octanol–water partition coefficient (Wildman–Crippen LogP) is 5.21. The molecule has 196 valence electrons. The maximum absolute atomic E-state index is 13.9. The summed E-state index contributed by atoms with van der Waals surface area (Å²) >= 11 is 1.32. The van der Waals surface area contributed by atoms with Gasteiger partial charge in [0.2, 0.25) is 0 Å². The highest BCUT2D eigenvalue weighted by Gasteiger charge is 2.50. The molecule has 4 heterocycles. The lowest BCUT2D eigenvalue weighted by Crippen LogP contribution is -2.48. The van der Waals surface area contributed by atoms with Crippen LogP contribution in [0.3, 0.4) is 0 Å². The average molecular weight is 542 g/mol. The van der Waals surface area contributed by atoms with Crippen LogP contribution in [-0.4, -0.2) is 49.9 Å². The van der Waals surface area contributed by atoms with Gasteiger partial charge < -0.3 is 9.72 Å². The lowest BCUT2D eigenvalue weighted by Gasteiger charge is -2.38. The molecule has 1 amide bonds. The zero-order valence-corrected chi connectivity index (χ0v) is 21.9. The third-order valence-corrected chi connectivity index (χ3v) is 7.95. The number of H-pyrrole nitrogens is 1. The molecule has 0 saturated carbocycles. The fourth-order valence-corrected chi connectivity index (χ4v) is 6.19. The largest absolute Gasteiger partial charge is 0.468 e. The molecular weight excluding hydrogens is 517 g/mol. The first-order chi connectivity index (χ1) is 18.9. The third-order valence-electron chi connectivity index (χ3n) is 6.86. The Hall–Kier alpha value is -4.44. The molecule has 1 fully saturated rings. The molecule has 0 bridgehead atoms. The molecule has 10 heteroatoms. The summed E-state index contributed by atoms with van der Waals surface area (Å²) in [5.74, 6) is -1.77. The summed E-state index contributed by atoms with van der Waals surface area (Å²) in [6, 6.07) is 18.8. The van der Waals surface area contributed by atoms with Crippen molar-refractivity contribution in [3.8, 4) is 16.9 Å². The molecule has 2 aromatic carbocycles. The number of hydrogen-bond acceptors (Lipinski definition) is 6. The number of amides is 1. The molecule has 1 saturated heterocycles. The van der Waals surface area contributed by atoms with Crippen LogP contribution in [-0.2, 0) is 14.3 Å². The zero-order chi connectivity index (χ0) is 27.1. The van der Waals surface area contributed by atoms with Gasteiger partial charge in [-0.3, -0.25) is 19.5 Å². The number of esters is 1. The number of thioether (sulfide) groups is 1. The molecule has 0 aliphatic carbocycles. The van der Waals surface area contributed by atoms with E-state index in [0.717, 1.165) is 16.9 Å². The van der Waals surface area contributed by atoms with Gasteiger partial charge in [-0.1, -0.05) is 30.0 Å². The number of nitrogens with zero attached hydrogens (tertiary/aromatic N) is 4. The highest BCUT2D eigenvalue weighted by atomic mass is 32.2. The molecule has 2 aliphatic rings. The summed E-state index contributed by atoms with van der Waals surface area (Å²) in [6.45, 7) is 1.79. The van der Waals surface area contributed by atoms with Gasteiger partial charge in [0.1, 0.15) is 11.7 Å². The van der Waals surface area contributed by atoms with Crippen LogP contribution in [0, 0.1) is 11.7 Å². The predicted molar refractivity (Wildman–Crippen MR) is 147 cm³/mol. The second kappa shape index (κ2) is 10.0. The molecule has 3 atom stereocenters. The van der Waals surface area contributed by atoms with Gasteiger partial charge >= 0.3 is 5.97 Å². The van der Waals surface area contributed by atoms with Gasteiger partial charge in [-0.2, -0.15) is 5.10 Å². The Morgan fingerprint density at radius 3 is 2.56 bits per heavy atom. The highest BCUT2D eigenvalue weighted by molar-refractivity contribution is 8.05. The fourth-order valence-electron chi connectivity index (χ4n) is 5.00. The molecule has 6 rings (SSSR count). The van der Waals surface area contributed by atoms with Crippen LogP contribution in [0.1, 0.15) is 24.2 Å². The van der Waals surface area contributed by atoms with Crippen LogP contribution in [0.25, 0.3) is 23.0 Å². The number of rotatable bonds is 5. The van der Waals surface area contributed by atoms with Crippen LogP contribution in [0.15, 0.2) is 89.0 Å². The third kappa shape index (κ3) is 4.46. The second-order valence-corrected chi connectivity index (χ2v) is 10.3. The number of aromatic nitrogens is 3. The molecule has 0 radical (unpaired) electrons. The maximum Gasteiger partial charge on any atom is 0.316 e. The van der Waals surface area contributed by atoms with E-state index in [4.69, 9.17) is 14.8 Å².